The first kappa shape index (κ1) is 14.1. The smallest absolute Gasteiger partial charge is 0.144 e. The van der Waals surface area contributed by atoms with Crippen LogP contribution in [0.25, 0.3) is 5.69 Å². The van der Waals surface area contributed by atoms with E-state index in [1.54, 1.807) is 17.1 Å². The Morgan fingerprint density at radius 1 is 1.18 bits per heavy atom. The number of hydrogen-bond acceptors (Lipinski definition) is 4. The van der Waals surface area contributed by atoms with E-state index in [-0.39, 0.29) is 5.82 Å². The number of ether oxygens (including phenoxy) is 1. The molecule has 1 N–H and O–H groups in total. The summed E-state index contributed by atoms with van der Waals surface area (Å²) >= 11 is 0. The lowest BCUT2D eigenvalue weighted by Crippen LogP contribution is -2.02. The number of anilines is 1. The van der Waals surface area contributed by atoms with Crippen molar-refractivity contribution in [2.24, 2.45) is 0 Å². The van der Waals surface area contributed by atoms with Gasteiger partial charge in [-0.1, -0.05) is 12.1 Å². The van der Waals surface area contributed by atoms with Crippen LogP contribution in [0.4, 0.5) is 10.1 Å². The van der Waals surface area contributed by atoms with Crippen molar-refractivity contribution in [3.63, 3.8) is 0 Å². The highest BCUT2D eigenvalue weighted by Gasteiger charge is 2.04. The van der Waals surface area contributed by atoms with Crippen LogP contribution in [0.5, 0.6) is 5.75 Å². The lowest BCUT2D eigenvalue weighted by atomic mass is 10.2. The fourth-order valence-corrected chi connectivity index (χ4v) is 2.12. The van der Waals surface area contributed by atoms with Crippen LogP contribution in [0.2, 0.25) is 0 Å². The Labute approximate surface area is 127 Å². The molecule has 0 spiro atoms. The summed E-state index contributed by atoms with van der Waals surface area (Å²) in [5.74, 6) is 0.166. The van der Waals surface area contributed by atoms with E-state index in [0.29, 0.717) is 12.3 Å². The maximum absolute atomic E-state index is 13.2. The van der Waals surface area contributed by atoms with Gasteiger partial charge in [0.2, 0.25) is 0 Å². The molecule has 22 heavy (non-hydrogen) atoms. The van der Waals surface area contributed by atoms with Gasteiger partial charge in [0.25, 0.3) is 0 Å². The molecule has 0 unspecified atom stereocenters. The van der Waals surface area contributed by atoms with Gasteiger partial charge in [-0.05, 0) is 29.8 Å². The standard InChI is InChI=1S/C16H15FN4O/c1-22-16-8-13(17)4-7-15(16)19-9-12-2-5-14(6-3-12)21-11-18-10-20-21/h2-8,10-11,19H,9H2,1H3. The molecule has 2 aromatic carbocycles. The molecular formula is C16H15FN4O. The summed E-state index contributed by atoms with van der Waals surface area (Å²) in [5.41, 5.74) is 2.79. The van der Waals surface area contributed by atoms with Gasteiger partial charge in [-0.25, -0.2) is 14.1 Å². The Hall–Kier alpha value is -2.89. The van der Waals surface area contributed by atoms with Crippen molar-refractivity contribution in [2.75, 3.05) is 12.4 Å². The van der Waals surface area contributed by atoms with Gasteiger partial charge in [0.1, 0.15) is 24.2 Å². The zero-order valence-electron chi connectivity index (χ0n) is 12.0. The van der Waals surface area contributed by atoms with E-state index in [4.69, 9.17) is 4.74 Å². The average Bonchev–Trinajstić information content (AvgIpc) is 3.08. The van der Waals surface area contributed by atoms with Gasteiger partial charge < -0.3 is 10.1 Å². The van der Waals surface area contributed by atoms with E-state index in [0.717, 1.165) is 16.9 Å². The maximum atomic E-state index is 13.2. The molecular weight excluding hydrogens is 283 g/mol. The molecule has 0 aliphatic heterocycles. The van der Waals surface area contributed by atoms with Crippen LogP contribution in [0, 0.1) is 5.82 Å². The van der Waals surface area contributed by atoms with Crippen LogP contribution in [-0.2, 0) is 6.54 Å². The number of hydrogen-bond donors (Lipinski definition) is 1. The summed E-state index contributed by atoms with van der Waals surface area (Å²) in [6, 6.07) is 12.4. The second-order valence-corrected chi connectivity index (χ2v) is 4.70. The normalized spacial score (nSPS) is 10.5. The van der Waals surface area contributed by atoms with Gasteiger partial charge in [-0.2, -0.15) is 5.10 Å². The molecule has 6 heteroatoms. The second kappa shape index (κ2) is 6.26. The molecule has 3 aromatic rings. The molecule has 0 bridgehead atoms. The van der Waals surface area contributed by atoms with Crippen LogP contribution in [0.3, 0.4) is 0 Å². The third-order valence-electron chi connectivity index (χ3n) is 3.27. The highest BCUT2D eigenvalue weighted by molar-refractivity contribution is 5.56. The van der Waals surface area contributed by atoms with E-state index >= 15 is 0 Å². The molecule has 5 nitrogen and oxygen atoms in total. The van der Waals surface area contributed by atoms with Crippen LogP contribution in [0.15, 0.2) is 55.1 Å². The summed E-state index contributed by atoms with van der Waals surface area (Å²) in [6.45, 7) is 0.611. The van der Waals surface area contributed by atoms with Crippen molar-refractivity contribution < 1.29 is 9.13 Å². The molecule has 0 radical (unpaired) electrons. The van der Waals surface area contributed by atoms with Gasteiger partial charge in [0.15, 0.2) is 0 Å². The fourth-order valence-electron chi connectivity index (χ4n) is 2.12. The van der Waals surface area contributed by atoms with Crippen molar-refractivity contribution >= 4 is 5.69 Å². The number of rotatable bonds is 5. The first-order chi connectivity index (χ1) is 10.8. The Morgan fingerprint density at radius 3 is 2.68 bits per heavy atom. The minimum atomic E-state index is -0.320. The highest BCUT2D eigenvalue weighted by atomic mass is 19.1. The first-order valence-electron chi connectivity index (χ1n) is 6.77. The summed E-state index contributed by atoms with van der Waals surface area (Å²) < 4.78 is 20.0. The summed E-state index contributed by atoms with van der Waals surface area (Å²) in [4.78, 5) is 3.92. The molecule has 0 fully saturated rings. The lowest BCUT2D eigenvalue weighted by molar-refractivity contribution is 0.413. The van der Waals surface area contributed by atoms with Gasteiger partial charge >= 0.3 is 0 Å². The maximum Gasteiger partial charge on any atom is 0.144 e. The summed E-state index contributed by atoms with van der Waals surface area (Å²) in [6.07, 6.45) is 3.15. The summed E-state index contributed by atoms with van der Waals surface area (Å²) in [5, 5.41) is 7.31. The lowest BCUT2D eigenvalue weighted by Gasteiger charge is -2.11. The molecule has 0 atom stereocenters. The first-order valence-corrected chi connectivity index (χ1v) is 6.77. The van der Waals surface area contributed by atoms with Crippen LogP contribution < -0.4 is 10.1 Å². The highest BCUT2D eigenvalue weighted by Crippen LogP contribution is 2.25. The van der Waals surface area contributed by atoms with Crippen molar-refractivity contribution in [1.29, 1.82) is 0 Å². The number of halogens is 1. The number of benzene rings is 2. The molecule has 0 aliphatic carbocycles. The van der Waals surface area contributed by atoms with E-state index < -0.39 is 0 Å². The number of aromatic nitrogens is 3. The van der Waals surface area contributed by atoms with Crippen LogP contribution >= 0.6 is 0 Å². The van der Waals surface area contributed by atoms with Crippen molar-refractivity contribution in [3.05, 3.63) is 66.5 Å². The monoisotopic (exact) mass is 298 g/mol. The second-order valence-electron chi connectivity index (χ2n) is 4.70. The van der Waals surface area contributed by atoms with E-state index in [1.165, 1.54) is 25.6 Å². The van der Waals surface area contributed by atoms with Crippen molar-refractivity contribution in [3.8, 4) is 11.4 Å². The summed E-state index contributed by atoms with van der Waals surface area (Å²) in [7, 11) is 1.52. The Balaban J connectivity index is 1.69. The Bertz CT molecular complexity index is 741. The largest absolute Gasteiger partial charge is 0.494 e. The average molecular weight is 298 g/mol. The molecule has 0 saturated heterocycles. The fraction of sp³-hybridized carbons (Fsp3) is 0.125. The van der Waals surface area contributed by atoms with Crippen molar-refractivity contribution in [1.82, 2.24) is 14.8 Å². The zero-order chi connectivity index (χ0) is 15.4. The number of nitrogens with zero attached hydrogens (tertiary/aromatic N) is 3. The Morgan fingerprint density at radius 2 is 2.00 bits per heavy atom. The van der Waals surface area contributed by atoms with Gasteiger partial charge in [-0.15, -0.1) is 0 Å². The predicted molar refractivity (Wildman–Crippen MR) is 81.6 cm³/mol. The minimum Gasteiger partial charge on any atom is -0.494 e. The predicted octanol–water partition coefficient (Wildman–Crippen LogP) is 3.03. The molecule has 3 rings (SSSR count). The third kappa shape index (κ3) is 3.06. The molecule has 0 aliphatic rings. The molecule has 112 valence electrons. The van der Waals surface area contributed by atoms with E-state index in [1.807, 2.05) is 24.3 Å². The number of nitrogens with one attached hydrogen (secondary N) is 1. The quantitative estimate of drug-likeness (QED) is 0.786. The topological polar surface area (TPSA) is 52.0 Å². The number of methoxy groups -OCH3 is 1. The van der Waals surface area contributed by atoms with Gasteiger partial charge in [0, 0.05) is 12.6 Å². The van der Waals surface area contributed by atoms with Crippen LogP contribution in [0.1, 0.15) is 5.56 Å². The molecule has 1 aromatic heterocycles. The van der Waals surface area contributed by atoms with E-state index in [2.05, 4.69) is 15.4 Å². The van der Waals surface area contributed by atoms with Crippen LogP contribution in [-0.4, -0.2) is 21.9 Å². The molecule has 1 heterocycles. The SMILES string of the molecule is COc1cc(F)ccc1NCc1ccc(-n2cncn2)cc1. The van der Waals surface area contributed by atoms with Gasteiger partial charge in [0.05, 0.1) is 18.5 Å². The third-order valence-corrected chi connectivity index (χ3v) is 3.27. The molecule has 0 amide bonds. The van der Waals surface area contributed by atoms with Gasteiger partial charge in [-0.3, -0.25) is 0 Å². The molecule has 0 saturated carbocycles. The minimum absolute atomic E-state index is 0.320. The zero-order valence-corrected chi connectivity index (χ0v) is 12.0. The van der Waals surface area contributed by atoms with Crippen molar-refractivity contribution in [2.45, 2.75) is 6.54 Å². The van der Waals surface area contributed by atoms with E-state index in [9.17, 15) is 4.39 Å². The Kier molecular flexibility index (Phi) is 4.00.